The van der Waals surface area contributed by atoms with Crippen LogP contribution in [-0.2, 0) is 4.79 Å². The van der Waals surface area contributed by atoms with E-state index in [4.69, 9.17) is 4.98 Å². The number of thioether (sulfide) groups is 1. The number of aromatic nitrogens is 3. The van der Waals surface area contributed by atoms with E-state index in [9.17, 15) is 14.4 Å². The van der Waals surface area contributed by atoms with Crippen molar-refractivity contribution in [2.45, 2.75) is 30.0 Å². The first-order valence-electron chi connectivity index (χ1n) is 11.2. The highest BCUT2D eigenvalue weighted by Crippen LogP contribution is 2.38. The molecular weight excluding hydrogens is 448 g/mol. The number of aryl methyl sites for hydroxylation is 1. The SMILES string of the molecule is Cc1cc(-c2ccc3[nH]c(=O)[nH]c(=O)c3c2)cnc1SC(C(=O)N1CCCC1)c1ccccc1. The first-order valence-corrected chi connectivity index (χ1v) is 12.1. The maximum Gasteiger partial charge on any atom is 0.326 e. The number of pyridine rings is 1. The molecule has 0 aliphatic carbocycles. The fourth-order valence-corrected chi connectivity index (χ4v) is 5.42. The molecule has 172 valence electrons. The molecule has 0 spiro atoms. The van der Waals surface area contributed by atoms with Crippen LogP contribution in [0.5, 0.6) is 0 Å². The molecule has 2 aromatic heterocycles. The van der Waals surface area contributed by atoms with E-state index >= 15 is 0 Å². The van der Waals surface area contributed by atoms with Crippen LogP contribution in [0.3, 0.4) is 0 Å². The van der Waals surface area contributed by atoms with Gasteiger partial charge in [-0.3, -0.25) is 14.6 Å². The zero-order valence-electron chi connectivity index (χ0n) is 18.7. The zero-order valence-corrected chi connectivity index (χ0v) is 19.5. The molecule has 7 nitrogen and oxygen atoms in total. The highest BCUT2D eigenvalue weighted by molar-refractivity contribution is 8.00. The summed E-state index contributed by atoms with van der Waals surface area (Å²) < 4.78 is 0. The number of nitrogens with one attached hydrogen (secondary N) is 2. The van der Waals surface area contributed by atoms with Gasteiger partial charge in [0, 0.05) is 24.8 Å². The van der Waals surface area contributed by atoms with Gasteiger partial charge in [-0.1, -0.05) is 48.2 Å². The number of hydrogen-bond acceptors (Lipinski definition) is 5. The third kappa shape index (κ3) is 4.41. The van der Waals surface area contributed by atoms with Crippen LogP contribution < -0.4 is 11.2 Å². The van der Waals surface area contributed by atoms with Gasteiger partial charge in [0.1, 0.15) is 5.25 Å². The lowest BCUT2D eigenvalue weighted by molar-refractivity contribution is -0.129. The molecule has 1 saturated heterocycles. The van der Waals surface area contributed by atoms with Gasteiger partial charge in [-0.05, 0) is 54.7 Å². The molecular formula is C26H24N4O3S. The molecule has 3 heterocycles. The number of aromatic amines is 2. The van der Waals surface area contributed by atoms with Crippen molar-refractivity contribution in [2.75, 3.05) is 13.1 Å². The van der Waals surface area contributed by atoms with Crippen LogP contribution in [-0.4, -0.2) is 38.8 Å². The quantitative estimate of drug-likeness (QED) is 0.427. The predicted octanol–water partition coefficient (Wildman–Crippen LogP) is 4.04. The molecule has 1 aliphatic rings. The Hall–Kier alpha value is -3.65. The largest absolute Gasteiger partial charge is 0.341 e. The molecule has 0 radical (unpaired) electrons. The van der Waals surface area contributed by atoms with E-state index in [1.807, 2.05) is 54.3 Å². The summed E-state index contributed by atoms with van der Waals surface area (Å²) in [5.41, 5.74) is 3.14. The molecule has 0 saturated carbocycles. The molecule has 1 fully saturated rings. The maximum atomic E-state index is 13.3. The van der Waals surface area contributed by atoms with Crippen molar-refractivity contribution in [1.82, 2.24) is 19.9 Å². The molecule has 4 aromatic rings. The fraction of sp³-hybridized carbons (Fsp3) is 0.231. The smallest absolute Gasteiger partial charge is 0.326 e. The summed E-state index contributed by atoms with van der Waals surface area (Å²) in [6, 6.07) is 17.2. The number of carbonyl (C=O) groups excluding carboxylic acids is 1. The lowest BCUT2D eigenvalue weighted by atomic mass is 10.0. The molecule has 8 heteroatoms. The Morgan fingerprint density at radius 1 is 1.00 bits per heavy atom. The van der Waals surface area contributed by atoms with E-state index in [1.54, 1.807) is 18.3 Å². The van der Waals surface area contributed by atoms with Crippen molar-refractivity contribution in [1.29, 1.82) is 0 Å². The first-order chi connectivity index (χ1) is 16.5. The second-order valence-corrected chi connectivity index (χ2v) is 9.55. The number of amides is 1. The lowest BCUT2D eigenvalue weighted by Crippen LogP contribution is -2.31. The van der Waals surface area contributed by atoms with Gasteiger partial charge in [0.25, 0.3) is 5.56 Å². The number of hydrogen-bond donors (Lipinski definition) is 2. The van der Waals surface area contributed by atoms with Crippen LogP contribution in [0.4, 0.5) is 0 Å². The maximum absolute atomic E-state index is 13.3. The van der Waals surface area contributed by atoms with Gasteiger partial charge in [0.2, 0.25) is 5.91 Å². The number of likely N-dealkylation sites (tertiary alicyclic amines) is 1. The van der Waals surface area contributed by atoms with Crippen molar-refractivity contribution in [3.63, 3.8) is 0 Å². The third-order valence-electron chi connectivity index (χ3n) is 6.08. The number of rotatable bonds is 5. The average Bonchev–Trinajstić information content (AvgIpc) is 3.38. The van der Waals surface area contributed by atoms with E-state index in [2.05, 4.69) is 9.97 Å². The summed E-state index contributed by atoms with van der Waals surface area (Å²) in [7, 11) is 0. The highest BCUT2D eigenvalue weighted by Gasteiger charge is 2.29. The number of H-pyrrole nitrogens is 2. The second-order valence-electron chi connectivity index (χ2n) is 8.46. The second kappa shape index (κ2) is 9.30. The summed E-state index contributed by atoms with van der Waals surface area (Å²) >= 11 is 1.48. The van der Waals surface area contributed by atoms with Crippen molar-refractivity contribution in [3.05, 3.63) is 92.8 Å². The minimum atomic E-state index is -0.527. The van der Waals surface area contributed by atoms with Crippen molar-refractivity contribution in [2.24, 2.45) is 0 Å². The van der Waals surface area contributed by atoms with E-state index in [1.165, 1.54) is 11.8 Å². The Balaban J connectivity index is 1.46. The number of carbonyl (C=O) groups is 1. The van der Waals surface area contributed by atoms with Crippen LogP contribution in [0.2, 0.25) is 0 Å². The van der Waals surface area contributed by atoms with E-state index < -0.39 is 11.2 Å². The molecule has 1 aliphatic heterocycles. The standard InChI is InChI=1S/C26H24N4O3S/c1-16-13-19(18-9-10-21-20(14-18)23(31)29-26(33)28-21)15-27-24(16)34-22(17-7-3-2-4-8-17)25(32)30-11-5-6-12-30/h2-4,7-10,13-15,22H,5-6,11-12H2,1H3,(H2,28,29,31,33). The fourth-order valence-electron chi connectivity index (χ4n) is 4.29. The Morgan fingerprint density at radius 3 is 2.50 bits per heavy atom. The van der Waals surface area contributed by atoms with Crippen molar-refractivity contribution in [3.8, 4) is 11.1 Å². The predicted molar refractivity (Wildman–Crippen MR) is 134 cm³/mol. The first kappa shape index (κ1) is 22.2. The van der Waals surface area contributed by atoms with Gasteiger partial charge in [0.05, 0.1) is 15.9 Å². The van der Waals surface area contributed by atoms with Crippen LogP contribution in [0.1, 0.15) is 29.2 Å². The van der Waals surface area contributed by atoms with Gasteiger partial charge >= 0.3 is 5.69 Å². The summed E-state index contributed by atoms with van der Waals surface area (Å²) in [6.45, 7) is 3.59. The molecule has 1 unspecified atom stereocenters. The molecule has 1 amide bonds. The molecule has 34 heavy (non-hydrogen) atoms. The Kier molecular flexibility index (Phi) is 6.06. The Morgan fingerprint density at radius 2 is 1.76 bits per heavy atom. The Bertz CT molecular complexity index is 1470. The van der Waals surface area contributed by atoms with Crippen molar-refractivity contribution < 1.29 is 4.79 Å². The van der Waals surface area contributed by atoms with Crippen LogP contribution in [0.25, 0.3) is 22.0 Å². The zero-order chi connectivity index (χ0) is 23.7. The minimum Gasteiger partial charge on any atom is -0.341 e. The summed E-state index contributed by atoms with van der Waals surface area (Å²) in [6.07, 6.45) is 3.86. The molecule has 1 atom stereocenters. The van der Waals surface area contributed by atoms with Crippen LogP contribution in [0.15, 0.2) is 75.4 Å². The monoisotopic (exact) mass is 472 g/mol. The molecule has 2 aromatic carbocycles. The van der Waals surface area contributed by atoms with Crippen LogP contribution >= 0.6 is 11.8 Å². The molecule has 0 bridgehead atoms. The number of nitrogens with zero attached hydrogens (tertiary/aromatic N) is 2. The average molecular weight is 473 g/mol. The lowest BCUT2D eigenvalue weighted by Gasteiger charge is -2.23. The third-order valence-corrected chi connectivity index (χ3v) is 7.44. The van der Waals surface area contributed by atoms with Crippen molar-refractivity contribution >= 4 is 28.6 Å². The number of benzene rings is 2. The van der Waals surface area contributed by atoms with E-state index in [0.717, 1.165) is 53.2 Å². The van der Waals surface area contributed by atoms with Crippen LogP contribution in [0, 0.1) is 6.92 Å². The topological polar surface area (TPSA) is 98.9 Å². The summed E-state index contributed by atoms with van der Waals surface area (Å²) in [5, 5.41) is 0.856. The van der Waals surface area contributed by atoms with Gasteiger partial charge in [0.15, 0.2) is 0 Å². The Labute approximate surface area is 200 Å². The van der Waals surface area contributed by atoms with Gasteiger partial charge < -0.3 is 9.88 Å². The molecule has 2 N–H and O–H groups in total. The highest BCUT2D eigenvalue weighted by atomic mass is 32.2. The molecule has 5 rings (SSSR count). The number of fused-ring (bicyclic) bond motifs is 1. The summed E-state index contributed by atoms with van der Waals surface area (Å²) in [4.78, 5) is 48.6. The van der Waals surface area contributed by atoms with E-state index in [-0.39, 0.29) is 11.2 Å². The minimum absolute atomic E-state index is 0.127. The summed E-state index contributed by atoms with van der Waals surface area (Å²) in [5.74, 6) is 0.127. The van der Waals surface area contributed by atoms with Gasteiger partial charge in [-0.2, -0.15) is 0 Å². The van der Waals surface area contributed by atoms with Gasteiger partial charge in [-0.15, -0.1) is 0 Å². The normalized spacial score (nSPS) is 14.4. The van der Waals surface area contributed by atoms with E-state index in [0.29, 0.717) is 10.9 Å². The van der Waals surface area contributed by atoms with Gasteiger partial charge in [-0.25, -0.2) is 9.78 Å².